The third-order valence-corrected chi connectivity index (χ3v) is 4.13. The van der Waals surface area contributed by atoms with Crippen LogP contribution in [0.1, 0.15) is 10.5 Å². The number of esters is 1. The topological polar surface area (TPSA) is 91.5 Å². The maximum atomic E-state index is 12.1. The molecule has 0 bridgehead atoms. The summed E-state index contributed by atoms with van der Waals surface area (Å²) >= 11 is 1.52. The van der Waals surface area contributed by atoms with Crippen LogP contribution in [0.3, 0.4) is 0 Å². The van der Waals surface area contributed by atoms with Gasteiger partial charge in [0.25, 0.3) is 5.91 Å². The minimum absolute atomic E-state index is 0.137. The molecule has 132 valence electrons. The first kappa shape index (κ1) is 18.6. The number of thioether (sulfide) groups is 1. The number of rotatable bonds is 7. The van der Waals surface area contributed by atoms with Crippen LogP contribution in [0, 0.1) is 0 Å². The third kappa shape index (κ3) is 5.39. The Labute approximate surface area is 149 Å². The van der Waals surface area contributed by atoms with E-state index < -0.39 is 18.5 Å². The van der Waals surface area contributed by atoms with Crippen LogP contribution in [0.2, 0.25) is 0 Å². The molecule has 8 heteroatoms. The van der Waals surface area contributed by atoms with Gasteiger partial charge in [-0.15, -0.1) is 11.8 Å². The van der Waals surface area contributed by atoms with Crippen molar-refractivity contribution in [1.82, 2.24) is 9.88 Å². The minimum atomic E-state index is -0.620. The smallest absolute Gasteiger partial charge is 0.355 e. The molecule has 0 aliphatic heterocycles. The average Bonchev–Trinajstić information content (AvgIpc) is 3.14. The number of carbonyl (C=O) groups excluding carboxylic acids is 3. The highest BCUT2D eigenvalue weighted by molar-refractivity contribution is 7.98. The van der Waals surface area contributed by atoms with Gasteiger partial charge in [-0.2, -0.15) is 0 Å². The number of aromatic amines is 1. The lowest BCUT2D eigenvalue weighted by Crippen LogP contribution is -2.37. The molecule has 25 heavy (non-hydrogen) atoms. The highest BCUT2D eigenvalue weighted by atomic mass is 32.2. The first-order valence-corrected chi connectivity index (χ1v) is 8.71. The van der Waals surface area contributed by atoms with Crippen LogP contribution in [0.15, 0.2) is 47.5 Å². The van der Waals surface area contributed by atoms with Crippen LogP contribution in [0.5, 0.6) is 0 Å². The first-order chi connectivity index (χ1) is 12.0. The Morgan fingerprint density at radius 1 is 1.20 bits per heavy atom. The molecule has 1 heterocycles. The Morgan fingerprint density at radius 2 is 1.96 bits per heavy atom. The zero-order chi connectivity index (χ0) is 18.2. The van der Waals surface area contributed by atoms with Gasteiger partial charge < -0.3 is 19.9 Å². The van der Waals surface area contributed by atoms with Crippen molar-refractivity contribution in [2.75, 3.05) is 31.8 Å². The predicted molar refractivity (Wildman–Crippen MR) is 95.6 cm³/mol. The Morgan fingerprint density at radius 3 is 2.64 bits per heavy atom. The van der Waals surface area contributed by atoms with Crippen molar-refractivity contribution in [2.45, 2.75) is 4.90 Å². The Bertz CT molecular complexity index is 746. The molecule has 2 rings (SSSR count). The molecule has 2 amide bonds. The van der Waals surface area contributed by atoms with Gasteiger partial charge in [0.15, 0.2) is 6.61 Å². The number of aromatic nitrogens is 1. The largest absolute Gasteiger partial charge is 0.451 e. The lowest BCUT2D eigenvalue weighted by atomic mass is 10.3. The molecule has 1 aromatic carbocycles. The summed E-state index contributed by atoms with van der Waals surface area (Å²) in [4.78, 5) is 40.6. The number of ether oxygens (including phenoxy) is 1. The highest BCUT2D eigenvalue weighted by Crippen LogP contribution is 2.24. The number of hydrogen-bond donors (Lipinski definition) is 2. The molecule has 0 aliphatic carbocycles. The van der Waals surface area contributed by atoms with Crippen LogP contribution in [-0.4, -0.2) is 54.1 Å². The van der Waals surface area contributed by atoms with Gasteiger partial charge in [0, 0.05) is 18.1 Å². The first-order valence-electron chi connectivity index (χ1n) is 7.48. The number of nitrogens with one attached hydrogen (secondary N) is 2. The molecular weight excluding hydrogens is 342 g/mol. The molecule has 2 aromatic rings. The summed E-state index contributed by atoms with van der Waals surface area (Å²) in [6.45, 7) is -0.565. The fourth-order valence-corrected chi connectivity index (χ4v) is 2.57. The summed E-state index contributed by atoms with van der Waals surface area (Å²) in [5.41, 5.74) is 0.959. The van der Waals surface area contributed by atoms with Gasteiger partial charge in [-0.3, -0.25) is 9.59 Å². The minimum Gasteiger partial charge on any atom is -0.451 e. The number of likely N-dealkylation sites (N-methyl/N-ethyl adjacent to an activating group) is 1. The van der Waals surface area contributed by atoms with Gasteiger partial charge in [-0.25, -0.2) is 4.79 Å². The normalized spacial score (nSPS) is 10.2. The third-order valence-electron chi connectivity index (χ3n) is 3.33. The van der Waals surface area contributed by atoms with Crippen LogP contribution in [0.4, 0.5) is 5.69 Å². The maximum absolute atomic E-state index is 12.1. The molecule has 0 saturated heterocycles. The molecular formula is C17H19N3O4S. The fraction of sp³-hybridized carbons (Fsp3) is 0.235. The number of carbonyl (C=O) groups is 3. The van der Waals surface area contributed by atoms with E-state index in [-0.39, 0.29) is 18.1 Å². The summed E-state index contributed by atoms with van der Waals surface area (Å²) in [6.07, 6.45) is 3.50. The number of amides is 2. The number of H-pyrrole nitrogens is 1. The number of hydrogen-bond acceptors (Lipinski definition) is 5. The molecule has 7 nitrogen and oxygen atoms in total. The van der Waals surface area contributed by atoms with Crippen LogP contribution < -0.4 is 5.32 Å². The molecule has 2 N–H and O–H groups in total. The molecule has 0 aliphatic rings. The van der Waals surface area contributed by atoms with Gasteiger partial charge in [-0.1, -0.05) is 12.1 Å². The van der Waals surface area contributed by atoms with Gasteiger partial charge >= 0.3 is 5.97 Å². The van der Waals surface area contributed by atoms with E-state index in [0.29, 0.717) is 5.69 Å². The summed E-state index contributed by atoms with van der Waals surface area (Å²) < 4.78 is 4.91. The SMILES string of the molecule is CSc1ccccc1NC(=O)CN(C)C(=O)COC(=O)c1ccc[nH]1. The second-order valence-corrected chi connectivity index (χ2v) is 6.01. The van der Waals surface area contributed by atoms with Gasteiger partial charge in [-0.05, 0) is 30.5 Å². The zero-order valence-corrected chi connectivity index (χ0v) is 14.8. The van der Waals surface area contributed by atoms with E-state index in [1.54, 1.807) is 24.4 Å². The van der Waals surface area contributed by atoms with Gasteiger partial charge in [0.2, 0.25) is 5.91 Å². The van der Waals surface area contributed by atoms with Crippen molar-refractivity contribution >= 4 is 35.2 Å². The highest BCUT2D eigenvalue weighted by Gasteiger charge is 2.16. The van der Waals surface area contributed by atoms with E-state index in [1.807, 2.05) is 24.5 Å². The lowest BCUT2D eigenvalue weighted by molar-refractivity contribution is -0.136. The fourth-order valence-electron chi connectivity index (χ4n) is 2.01. The Balaban J connectivity index is 1.81. The summed E-state index contributed by atoms with van der Waals surface area (Å²) in [6, 6.07) is 10.6. The Kier molecular flexibility index (Phi) is 6.64. The monoisotopic (exact) mass is 361 g/mol. The molecule has 1 aromatic heterocycles. The zero-order valence-electron chi connectivity index (χ0n) is 13.9. The van der Waals surface area contributed by atoms with Crippen LogP contribution in [-0.2, 0) is 14.3 Å². The van der Waals surface area contributed by atoms with E-state index >= 15 is 0 Å². The number of para-hydroxylation sites is 1. The van der Waals surface area contributed by atoms with Crippen molar-refractivity contribution in [2.24, 2.45) is 0 Å². The van der Waals surface area contributed by atoms with E-state index in [1.165, 1.54) is 23.7 Å². The second-order valence-electron chi connectivity index (χ2n) is 5.16. The van der Waals surface area contributed by atoms with E-state index in [4.69, 9.17) is 4.74 Å². The van der Waals surface area contributed by atoms with E-state index in [0.717, 1.165) is 4.90 Å². The van der Waals surface area contributed by atoms with Crippen molar-refractivity contribution in [1.29, 1.82) is 0 Å². The summed E-state index contributed by atoms with van der Waals surface area (Å²) in [5, 5.41) is 2.77. The predicted octanol–water partition coefficient (Wildman–Crippen LogP) is 1.99. The van der Waals surface area contributed by atoms with Crippen molar-refractivity contribution in [3.63, 3.8) is 0 Å². The summed E-state index contributed by atoms with van der Waals surface area (Å²) in [5.74, 6) is -1.41. The molecule has 0 radical (unpaired) electrons. The summed E-state index contributed by atoms with van der Waals surface area (Å²) in [7, 11) is 1.48. The van der Waals surface area contributed by atoms with Gasteiger partial charge in [0.05, 0.1) is 12.2 Å². The van der Waals surface area contributed by atoms with Gasteiger partial charge in [0.1, 0.15) is 5.69 Å². The molecule has 0 fully saturated rings. The van der Waals surface area contributed by atoms with Crippen LogP contribution >= 0.6 is 11.8 Å². The molecule has 0 unspecified atom stereocenters. The molecule has 0 spiro atoms. The lowest BCUT2D eigenvalue weighted by Gasteiger charge is -2.17. The number of benzene rings is 1. The van der Waals surface area contributed by atoms with Crippen molar-refractivity contribution in [3.05, 3.63) is 48.3 Å². The van der Waals surface area contributed by atoms with Crippen LogP contribution in [0.25, 0.3) is 0 Å². The molecule has 0 saturated carbocycles. The average molecular weight is 361 g/mol. The van der Waals surface area contributed by atoms with Crippen molar-refractivity contribution < 1.29 is 19.1 Å². The quantitative estimate of drug-likeness (QED) is 0.581. The Hall–Kier alpha value is -2.74. The van der Waals surface area contributed by atoms with Crippen molar-refractivity contribution in [3.8, 4) is 0 Å². The standard InChI is InChI=1S/C17H19N3O4S/c1-20(16(22)11-24-17(23)13-7-5-9-18-13)10-15(21)19-12-6-3-4-8-14(12)25-2/h3-9,18H,10-11H2,1-2H3,(H,19,21). The maximum Gasteiger partial charge on any atom is 0.355 e. The second kappa shape index (κ2) is 8.93. The molecule has 0 atom stereocenters. The van der Waals surface area contributed by atoms with E-state index in [9.17, 15) is 14.4 Å². The number of anilines is 1. The van der Waals surface area contributed by atoms with E-state index in [2.05, 4.69) is 10.3 Å². The number of nitrogens with zero attached hydrogens (tertiary/aromatic N) is 1.